The van der Waals surface area contributed by atoms with Gasteiger partial charge >= 0.3 is 12.1 Å². The number of nitriles is 1. The highest BCUT2D eigenvalue weighted by Gasteiger charge is 2.45. The molecule has 12 nitrogen and oxygen atoms in total. The number of hydrogen-bond donors (Lipinski definition) is 2. The Morgan fingerprint density at radius 3 is 2.61 bits per heavy atom. The first-order valence-corrected chi connectivity index (χ1v) is 14.4. The first kappa shape index (κ1) is 30.0. The van der Waals surface area contributed by atoms with Gasteiger partial charge in [0.25, 0.3) is 0 Å². The molecule has 13 heteroatoms. The molecule has 0 unspecified atom stereocenters. The Hall–Kier alpha value is -3.92. The fraction of sp³-hybridized carbons (Fsp3) is 0.571. The van der Waals surface area contributed by atoms with Gasteiger partial charge in [-0.3, -0.25) is 0 Å². The van der Waals surface area contributed by atoms with Crippen LogP contribution in [-0.2, 0) is 26.2 Å². The van der Waals surface area contributed by atoms with Crippen LogP contribution in [0.2, 0.25) is 0 Å². The van der Waals surface area contributed by atoms with Gasteiger partial charge < -0.3 is 30.8 Å². The fourth-order valence-corrected chi connectivity index (χ4v) is 6.41. The van der Waals surface area contributed by atoms with Crippen LogP contribution in [0, 0.1) is 11.3 Å². The van der Waals surface area contributed by atoms with E-state index < -0.39 is 22.5 Å². The summed E-state index contributed by atoms with van der Waals surface area (Å²) in [5, 5.41) is 14.0. The van der Waals surface area contributed by atoms with Gasteiger partial charge in [-0.2, -0.15) is 5.26 Å². The number of nitrogens with two attached hydrogens (primary N) is 2. The Morgan fingerprint density at radius 2 is 1.93 bits per heavy atom. The van der Waals surface area contributed by atoms with Crippen LogP contribution in [0.4, 0.5) is 15.7 Å². The van der Waals surface area contributed by atoms with E-state index >= 15 is 0 Å². The van der Waals surface area contributed by atoms with E-state index in [-0.39, 0.29) is 11.9 Å². The lowest BCUT2D eigenvalue weighted by atomic mass is 9.72. The average molecular weight is 583 g/mol. The van der Waals surface area contributed by atoms with E-state index in [9.17, 15) is 14.9 Å². The molecule has 1 saturated heterocycles. The van der Waals surface area contributed by atoms with Gasteiger partial charge in [0.05, 0.1) is 11.0 Å². The number of nitrogens with zero attached hydrogens (tertiary/aromatic N) is 6. The molecule has 220 valence electrons. The maximum absolute atomic E-state index is 13.3. The number of amidine groups is 1. The second-order valence-corrected chi connectivity index (χ2v) is 13.4. The van der Waals surface area contributed by atoms with Gasteiger partial charge in [-0.05, 0) is 73.3 Å². The summed E-state index contributed by atoms with van der Waals surface area (Å²) < 4.78 is 5.63. The van der Waals surface area contributed by atoms with Crippen LogP contribution < -0.4 is 16.4 Å². The molecule has 0 radical (unpaired) electrons. The third-order valence-corrected chi connectivity index (χ3v) is 8.63. The van der Waals surface area contributed by atoms with Crippen molar-refractivity contribution in [2.75, 3.05) is 30.3 Å². The predicted molar refractivity (Wildman–Crippen MR) is 156 cm³/mol. The number of rotatable bonds is 4. The molecule has 0 bridgehead atoms. The minimum atomic E-state index is -1.06. The van der Waals surface area contributed by atoms with Crippen molar-refractivity contribution in [1.82, 2.24) is 14.9 Å². The zero-order chi connectivity index (χ0) is 30.2. The highest BCUT2D eigenvalue weighted by atomic mass is 32.1. The van der Waals surface area contributed by atoms with E-state index in [0.717, 1.165) is 17.7 Å². The molecule has 4 rings (SSSR count). The largest absolute Gasteiger partial charge is 0.444 e. The molecule has 1 aliphatic carbocycles. The first-order chi connectivity index (χ1) is 19.2. The summed E-state index contributed by atoms with van der Waals surface area (Å²) in [4.78, 5) is 45.1. The molecule has 4 N–H and O–H groups in total. The summed E-state index contributed by atoms with van der Waals surface area (Å²) in [5.74, 6) is -0.274. The van der Waals surface area contributed by atoms with E-state index in [0.29, 0.717) is 60.2 Å². The van der Waals surface area contributed by atoms with Crippen LogP contribution in [0.25, 0.3) is 0 Å². The van der Waals surface area contributed by atoms with E-state index in [1.807, 2.05) is 39.5 Å². The van der Waals surface area contributed by atoms with Crippen molar-refractivity contribution in [2.45, 2.75) is 83.8 Å². The van der Waals surface area contributed by atoms with Gasteiger partial charge in [0, 0.05) is 41.8 Å². The lowest BCUT2D eigenvalue weighted by Crippen LogP contribution is -2.50. The van der Waals surface area contributed by atoms with E-state index in [1.165, 1.54) is 11.3 Å². The summed E-state index contributed by atoms with van der Waals surface area (Å²) in [5.41, 5.74) is 11.4. The molecule has 1 fully saturated rings. The predicted octanol–water partition coefficient (Wildman–Crippen LogP) is 3.68. The molecular formula is C28H38N8O4S. The zero-order valence-corrected chi connectivity index (χ0v) is 25.3. The minimum absolute atomic E-state index is 0.0856. The number of fused-ring (bicyclic) bond motifs is 1. The highest BCUT2D eigenvalue weighted by molar-refractivity contribution is 7.16. The van der Waals surface area contributed by atoms with Crippen LogP contribution in [0.3, 0.4) is 0 Å². The summed E-state index contributed by atoms with van der Waals surface area (Å²) >= 11 is 1.34. The number of oxime groups is 1. The van der Waals surface area contributed by atoms with Crippen molar-refractivity contribution in [3.63, 3.8) is 0 Å². The van der Waals surface area contributed by atoms with Crippen molar-refractivity contribution >= 4 is 40.2 Å². The van der Waals surface area contributed by atoms with Crippen LogP contribution in [0.5, 0.6) is 0 Å². The number of aromatic nitrogens is 2. The van der Waals surface area contributed by atoms with Crippen LogP contribution in [0.1, 0.15) is 82.5 Å². The summed E-state index contributed by atoms with van der Waals surface area (Å²) in [6.45, 7) is 12.8. The third kappa shape index (κ3) is 6.22. The Kier molecular flexibility index (Phi) is 8.18. The SMILES string of the molecule is CC(C)(C)OC(=O)N1CCN(c2nccc(/C(N)=N/OC(=O)[C@@]3(C)CCCc4sc(N)c(C#N)c43)n2)CCC1(C)C. The second kappa shape index (κ2) is 11.2. The molecule has 1 aliphatic heterocycles. The minimum Gasteiger partial charge on any atom is -0.444 e. The molecule has 0 spiro atoms. The molecule has 2 aliphatic rings. The van der Waals surface area contributed by atoms with Crippen molar-refractivity contribution < 1.29 is 19.2 Å². The number of thiophene rings is 1. The maximum Gasteiger partial charge on any atom is 0.410 e. The molecule has 1 atom stereocenters. The van der Waals surface area contributed by atoms with Gasteiger partial charge in [0.2, 0.25) is 5.95 Å². The van der Waals surface area contributed by atoms with Crippen molar-refractivity contribution in [2.24, 2.45) is 10.9 Å². The smallest absolute Gasteiger partial charge is 0.410 e. The number of ether oxygens (including phenoxy) is 1. The van der Waals surface area contributed by atoms with E-state index in [1.54, 1.807) is 24.1 Å². The third-order valence-electron chi connectivity index (χ3n) is 7.55. The molecule has 0 aromatic carbocycles. The Balaban J connectivity index is 1.49. The van der Waals surface area contributed by atoms with Crippen LogP contribution in [-0.4, -0.2) is 63.5 Å². The summed E-state index contributed by atoms with van der Waals surface area (Å²) in [7, 11) is 0. The molecule has 1 amide bonds. The Morgan fingerprint density at radius 1 is 1.20 bits per heavy atom. The molecule has 0 saturated carbocycles. The Bertz CT molecular complexity index is 1410. The lowest BCUT2D eigenvalue weighted by molar-refractivity contribution is -0.150. The number of carbonyl (C=O) groups excluding carboxylic acids is 2. The number of anilines is 2. The molecule has 41 heavy (non-hydrogen) atoms. The highest BCUT2D eigenvalue weighted by Crippen LogP contribution is 2.46. The number of nitrogen functional groups attached to an aromatic ring is 1. The van der Waals surface area contributed by atoms with Crippen LogP contribution in [0.15, 0.2) is 17.4 Å². The lowest BCUT2D eigenvalue weighted by Gasteiger charge is -2.37. The van der Waals surface area contributed by atoms with E-state index in [4.69, 9.17) is 21.0 Å². The normalized spacial score (nSPS) is 21.0. The maximum atomic E-state index is 13.3. The number of amides is 1. The number of aryl methyl sites for hydroxylation is 1. The fourth-order valence-electron chi connectivity index (χ4n) is 5.22. The molecule has 2 aromatic rings. The van der Waals surface area contributed by atoms with Crippen molar-refractivity contribution in [1.29, 1.82) is 5.26 Å². The zero-order valence-electron chi connectivity index (χ0n) is 24.5. The van der Waals surface area contributed by atoms with E-state index in [2.05, 4.69) is 21.2 Å². The topological polar surface area (TPSA) is 173 Å². The van der Waals surface area contributed by atoms with Crippen molar-refractivity contribution in [3.8, 4) is 6.07 Å². The first-order valence-electron chi connectivity index (χ1n) is 13.6. The number of carbonyl (C=O) groups is 2. The van der Waals surface area contributed by atoms with Crippen LogP contribution >= 0.6 is 11.3 Å². The standard InChI is InChI=1S/C28H38N8O4S/c1-26(2,3)39-25(38)36-15-14-35(13-11-27(36,4)5)24-32-12-9-18(33-24)21(30)34-40-23(37)28(6)10-7-8-19-20(28)17(16-29)22(31)41-19/h9,12H,7-8,10-11,13-15,31H2,1-6H3,(H2,30,34)/t28-/m0/s1. The quantitative estimate of drug-likeness (QED) is 0.234. The van der Waals surface area contributed by atoms with Gasteiger partial charge in [-0.15, -0.1) is 11.3 Å². The summed E-state index contributed by atoms with van der Waals surface area (Å²) in [6, 6.07) is 3.72. The monoisotopic (exact) mass is 582 g/mol. The molecular weight excluding hydrogens is 544 g/mol. The Labute approximate surface area is 244 Å². The molecule has 3 heterocycles. The van der Waals surface area contributed by atoms with Gasteiger partial charge in [0.1, 0.15) is 22.4 Å². The van der Waals surface area contributed by atoms with Crippen molar-refractivity contribution in [3.05, 3.63) is 34.0 Å². The van der Waals surface area contributed by atoms with Gasteiger partial charge in [-0.25, -0.2) is 19.6 Å². The number of hydrogen-bond acceptors (Lipinski definition) is 11. The summed E-state index contributed by atoms with van der Waals surface area (Å²) in [6.07, 6.45) is 3.89. The molecule has 2 aromatic heterocycles. The van der Waals surface area contributed by atoms with Gasteiger partial charge in [-0.1, -0.05) is 5.16 Å². The average Bonchev–Trinajstić information content (AvgIpc) is 3.14. The van der Waals surface area contributed by atoms with Gasteiger partial charge in [0.15, 0.2) is 5.84 Å². The second-order valence-electron chi connectivity index (χ2n) is 12.2.